The fourth-order valence-corrected chi connectivity index (χ4v) is 0.374. The predicted octanol–water partition coefficient (Wildman–Crippen LogP) is 1.58. The zero-order valence-electron chi connectivity index (χ0n) is 4.74. The van der Waals surface area contributed by atoms with E-state index in [4.69, 9.17) is 0 Å². The number of hydrogen-bond donors (Lipinski definition) is 0. The first-order valence-corrected chi connectivity index (χ1v) is 2.62. The lowest BCUT2D eigenvalue weighted by atomic mass is 10.2. The molecule has 0 aliphatic heterocycles. The van der Waals surface area contributed by atoms with E-state index in [-0.39, 0.29) is 0 Å². The van der Waals surface area contributed by atoms with Gasteiger partial charge in [0, 0.05) is 12.8 Å². The standard InChI is InChI=1S/C6H11O/c1-3-5-6(7)4-2/h1,3-5H2,2H3. The van der Waals surface area contributed by atoms with E-state index in [9.17, 15) is 4.79 Å². The van der Waals surface area contributed by atoms with Crippen LogP contribution in [0.15, 0.2) is 0 Å². The molecular formula is C6H11O. The Hall–Kier alpha value is -0.330. The van der Waals surface area contributed by atoms with Crippen molar-refractivity contribution in [1.82, 2.24) is 0 Å². The van der Waals surface area contributed by atoms with Crippen molar-refractivity contribution < 1.29 is 4.79 Å². The molecule has 0 aliphatic rings. The van der Waals surface area contributed by atoms with E-state index in [2.05, 4.69) is 6.92 Å². The Balaban J connectivity index is 3.00. The highest BCUT2D eigenvalue weighted by Gasteiger charge is 1.91. The van der Waals surface area contributed by atoms with Crippen LogP contribution in [0, 0.1) is 6.92 Å². The number of carbonyl (C=O) groups is 1. The first kappa shape index (κ1) is 6.67. The summed E-state index contributed by atoms with van der Waals surface area (Å²) in [6.45, 7) is 5.43. The molecule has 7 heavy (non-hydrogen) atoms. The van der Waals surface area contributed by atoms with Gasteiger partial charge in [-0.15, -0.1) is 0 Å². The summed E-state index contributed by atoms with van der Waals surface area (Å²) in [5.41, 5.74) is 0. The summed E-state index contributed by atoms with van der Waals surface area (Å²) < 4.78 is 0. The summed E-state index contributed by atoms with van der Waals surface area (Å²) in [5, 5.41) is 0. The van der Waals surface area contributed by atoms with Gasteiger partial charge in [-0.2, -0.15) is 0 Å². The van der Waals surface area contributed by atoms with E-state index in [1.165, 1.54) is 0 Å². The van der Waals surface area contributed by atoms with Gasteiger partial charge in [-0.05, 0) is 6.42 Å². The third-order valence-electron chi connectivity index (χ3n) is 0.850. The molecule has 0 unspecified atom stereocenters. The van der Waals surface area contributed by atoms with Crippen molar-refractivity contribution in [1.29, 1.82) is 0 Å². The summed E-state index contributed by atoms with van der Waals surface area (Å²) in [4.78, 5) is 10.4. The summed E-state index contributed by atoms with van der Waals surface area (Å²) in [6, 6.07) is 0. The molecule has 0 fully saturated rings. The highest BCUT2D eigenvalue weighted by atomic mass is 16.1. The molecule has 0 N–H and O–H groups in total. The molecule has 0 aromatic heterocycles. The number of hydrogen-bond acceptors (Lipinski definition) is 1. The van der Waals surface area contributed by atoms with E-state index in [1.54, 1.807) is 0 Å². The van der Waals surface area contributed by atoms with Crippen LogP contribution >= 0.6 is 0 Å². The smallest absolute Gasteiger partial charge is 0.132 e. The van der Waals surface area contributed by atoms with Crippen molar-refractivity contribution in [3.8, 4) is 0 Å². The molecule has 0 rings (SSSR count). The molecule has 0 saturated carbocycles. The van der Waals surface area contributed by atoms with Crippen LogP contribution in [-0.2, 0) is 4.79 Å². The first-order chi connectivity index (χ1) is 3.31. The van der Waals surface area contributed by atoms with E-state index in [1.807, 2.05) is 6.92 Å². The van der Waals surface area contributed by atoms with Crippen molar-refractivity contribution >= 4 is 5.78 Å². The van der Waals surface area contributed by atoms with Crippen molar-refractivity contribution in [2.75, 3.05) is 0 Å². The van der Waals surface area contributed by atoms with Gasteiger partial charge >= 0.3 is 0 Å². The fourth-order valence-electron chi connectivity index (χ4n) is 0.374. The molecule has 0 saturated heterocycles. The molecule has 0 aromatic rings. The topological polar surface area (TPSA) is 17.1 Å². The third kappa shape index (κ3) is 3.50. The highest BCUT2D eigenvalue weighted by molar-refractivity contribution is 5.77. The van der Waals surface area contributed by atoms with Gasteiger partial charge in [0.1, 0.15) is 5.78 Å². The average molecular weight is 99.2 g/mol. The second-order valence-electron chi connectivity index (χ2n) is 1.50. The number of rotatable bonds is 3. The molecule has 1 radical (unpaired) electrons. The number of ketones is 1. The minimum atomic E-state index is 0.315. The number of carbonyl (C=O) groups excluding carboxylic acids is 1. The molecule has 0 spiro atoms. The highest BCUT2D eigenvalue weighted by Crippen LogP contribution is 1.90. The zero-order chi connectivity index (χ0) is 5.70. The molecule has 0 bridgehead atoms. The van der Waals surface area contributed by atoms with Crippen LogP contribution in [0.1, 0.15) is 26.2 Å². The normalized spacial score (nSPS) is 8.86. The molecule has 0 heterocycles. The molecule has 1 nitrogen and oxygen atoms in total. The largest absolute Gasteiger partial charge is 0.300 e. The molecule has 1 heteroatoms. The van der Waals surface area contributed by atoms with E-state index in [0.29, 0.717) is 18.6 Å². The molecule has 0 aliphatic carbocycles. The van der Waals surface area contributed by atoms with Crippen LogP contribution < -0.4 is 0 Å². The molecule has 0 amide bonds. The van der Waals surface area contributed by atoms with Crippen LogP contribution in [-0.4, -0.2) is 5.78 Å². The molecular weight excluding hydrogens is 88.1 g/mol. The first-order valence-electron chi connectivity index (χ1n) is 2.62. The quantitative estimate of drug-likeness (QED) is 0.525. The maximum atomic E-state index is 10.4. The van der Waals surface area contributed by atoms with Crippen LogP contribution in [0.25, 0.3) is 0 Å². The van der Waals surface area contributed by atoms with Gasteiger partial charge in [0.05, 0.1) is 0 Å². The molecule has 0 atom stereocenters. The van der Waals surface area contributed by atoms with Crippen LogP contribution in [0.2, 0.25) is 0 Å². The predicted molar refractivity (Wildman–Crippen MR) is 29.9 cm³/mol. The fraction of sp³-hybridized carbons (Fsp3) is 0.667. The minimum absolute atomic E-state index is 0.315. The monoisotopic (exact) mass is 99.1 g/mol. The van der Waals surface area contributed by atoms with Gasteiger partial charge in [0.25, 0.3) is 0 Å². The number of Topliss-reactive ketones (excluding diaryl/α,β-unsaturated/α-hetero) is 1. The Morgan fingerprint density at radius 2 is 2.29 bits per heavy atom. The Morgan fingerprint density at radius 3 is 2.43 bits per heavy atom. The van der Waals surface area contributed by atoms with Gasteiger partial charge in [-0.1, -0.05) is 13.8 Å². The summed E-state index contributed by atoms with van der Waals surface area (Å²) in [5.74, 6) is 0.315. The second-order valence-corrected chi connectivity index (χ2v) is 1.50. The van der Waals surface area contributed by atoms with E-state index < -0.39 is 0 Å². The Kier molecular flexibility index (Phi) is 3.67. The van der Waals surface area contributed by atoms with Crippen LogP contribution in [0.5, 0.6) is 0 Å². The zero-order valence-corrected chi connectivity index (χ0v) is 4.74. The van der Waals surface area contributed by atoms with Crippen molar-refractivity contribution in [3.63, 3.8) is 0 Å². The average Bonchev–Trinajstić information content (AvgIpc) is 1.68. The lowest BCUT2D eigenvalue weighted by molar-refractivity contribution is -0.118. The minimum Gasteiger partial charge on any atom is -0.300 e. The van der Waals surface area contributed by atoms with E-state index >= 15 is 0 Å². The maximum Gasteiger partial charge on any atom is 0.132 e. The Morgan fingerprint density at radius 1 is 1.71 bits per heavy atom. The summed E-state index contributed by atoms with van der Waals surface area (Å²) in [7, 11) is 0. The molecule has 41 valence electrons. The Labute approximate surface area is 44.7 Å². The van der Waals surface area contributed by atoms with Crippen LogP contribution in [0.3, 0.4) is 0 Å². The van der Waals surface area contributed by atoms with E-state index in [0.717, 1.165) is 6.42 Å². The second kappa shape index (κ2) is 3.85. The van der Waals surface area contributed by atoms with Crippen LogP contribution in [0.4, 0.5) is 0 Å². The van der Waals surface area contributed by atoms with Gasteiger partial charge < -0.3 is 0 Å². The lowest BCUT2D eigenvalue weighted by Crippen LogP contribution is -1.91. The van der Waals surface area contributed by atoms with Crippen molar-refractivity contribution in [3.05, 3.63) is 6.92 Å². The van der Waals surface area contributed by atoms with Gasteiger partial charge in [-0.3, -0.25) is 4.79 Å². The van der Waals surface area contributed by atoms with Crippen molar-refractivity contribution in [2.24, 2.45) is 0 Å². The van der Waals surface area contributed by atoms with Crippen molar-refractivity contribution in [2.45, 2.75) is 26.2 Å². The lowest BCUT2D eigenvalue weighted by Gasteiger charge is -1.87. The molecule has 0 aromatic carbocycles. The summed E-state index contributed by atoms with van der Waals surface area (Å²) in [6.07, 6.45) is 2.05. The summed E-state index contributed by atoms with van der Waals surface area (Å²) >= 11 is 0. The van der Waals surface area contributed by atoms with Gasteiger partial charge in [0.2, 0.25) is 0 Å². The SMILES string of the molecule is [CH2]CCC(=O)CC. The van der Waals surface area contributed by atoms with Gasteiger partial charge in [0.15, 0.2) is 0 Å². The Bertz CT molecular complexity index is 57.2. The van der Waals surface area contributed by atoms with Gasteiger partial charge in [-0.25, -0.2) is 0 Å². The maximum absolute atomic E-state index is 10.4. The third-order valence-corrected chi connectivity index (χ3v) is 0.850.